The fourth-order valence-electron chi connectivity index (χ4n) is 1.46. The number of rotatable bonds is 4. The Balaban J connectivity index is 2.53. The van der Waals surface area contributed by atoms with Gasteiger partial charge in [0, 0.05) is 25.0 Å². The van der Waals surface area contributed by atoms with E-state index in [2.05, 4.69) is 54.0 Å². The Bertz CT molecular complexity index is 312. The second-order valence-corrected chi connectivity index (χ2v) is 5.54. The summed E-state index contributed by atoms with van der Waals surface area (Å²) in [6.45, 7) is 10.6. The van der Waals surface area contributed by atoms with Crippen LogP contribution in [0.2, 0.25) is 0 Å². The summed E-state index contributed by atoms with van der Waals surface area (Å²) in [5, 5.41) is 7.77. The van der Waals surface area contributed by atoms with E-state index in [0.29, 0.717) is 0 Å². The molecule has 15 heavy (non-hydrogen) atoms. The molecule has 0 aliphatic heterocycles. The molecule has 1 N–H and O–H groups in total. The lowest BCUT2D eigenvalue weighted by molar-refractivity contribution is 0.425. The summed E-state index contributed by atoms with van der Waals surface area (Å²) in [5.74, 6) is 0. The molecule has 0 aliphatic carbocycles. The summed E-state index contributed by atoms with van der Waals surface area (Å²) in [5.41, 5.74) is 1.46. The smallest absolute Gasteiger partial charge is 0.0635 e. The number of hydrogen-bond acceptors (Lipinski definition) is 2. The summed E-state index contributed by atoms with van der Waals surface area (Å²) in [4.78, 5) is 0. The highest BCUT2D eigenvalue weighted by atomic mass is 79.9. The third kappa shape index (κ3) is 3.95. The first kappa shape index (κ1) is 12.7. The molecule has 0 aromatic carbocycles. The highest BCUT2D eigenvalue weighted by Crippen LogP contribution is 2.16. The minimum Gasteiger partial charge on any atom is -0.312 e. The molecule has 1 aromatic rings. The van der Waals surface area contributed by atoms with Gasteiger partial charge in [0.1, 0.15) is 0 Å². The zero-order chi connectivity index (χ0) is 11.5. The van der Waals surface area contributed by atoms with E-state index < -0.39 is 0 Å². The number of nitrogens with one attached hydrogen (secondary N) is 1. The van der Waals surface area contributed by atoms with Crippen LogP contribution in [0, 0.1) is 0 Å². The van der Waals surface area contributed by atoms with Gasteiger partial charge in [-0.2, -0.15) is 5.10 Å². The van der Waals surface area contributed by atoms with Gasteiger partial charge in [-0.1, -0.05) is 0 Å². The highest BCUT2D eigenvalue weighted by Gasteiger charge is 2.11. The second-order valence-electron chi connectivity index (χ2n) is 4.68. The SMILES string of the molecule is CCn1ncc(Br)c1CCNC(C)(C)C. The van der Waals surface area contributed by atoms with Gasteiger partial charge in [0.05, 0.1) is 16.4 Å². The summed E-state index contributed by atoms with van der Waals surface area (Å²) < 4.78 is 3.15. The molecule has 1 aromatic heterocycles. The van der Waals surface area contributed by atoms with Crippen molar-refractivity contribution in [2.75, 3.05) is 6.54 Å². The molecule has 0 radical (unpaired) electrons. The standard InChI is InChI=1S/C11H20BrN3/c1-5-15-10(9(12)8-14-15)6-7-13-11(2,3)4/h8,13H,5-7H2,1-4H3. The molecule has 0 saturated carbocycles. The van der Waals surface area contributed by atoms with Crippen LogP contribution in [0.5, 0.6) is 0 Å². The molecule has 1 heterocycles. The van der Waals surface area contributed by atoms with Crippen molar-refractivity contribution in [2.24, 2.45) is 0 Å². The zero-order valence-electron chi connectivity index (χ0n) is 9.97. The monoisotopic (exact) mass is 273 g/mol. The van der Waals surface area contributed by atoms with Crippen LogP contribution in [-0.4, -0.2) is 21.9 Å². The van der Waals surface area contributed by atoms with Crippen LogP contribution in [0.15, 0.2) is 10.7 Å². The van der Waals surface area contributed by atoms with Crippen molar-refractivity contribution in [1.29, 1.82) is 0 Å². The number of nitrogens with zero attached hydrogens (tertiary/aromatic N) is 2. The number of hydrogen-bond donors (Lipinski definition) is 1. The molecule has 0 amide bonds. The Labute approximate surface area is 100 Å². The van der Waals surface area contributed by atoms with Crippen molar-refractivity contribution in [1.82, 2.24) is 15.1 Å². The van der Waals surface area contributed by atoms with Gasteiger partial charge in [0.15, 0.2) is 0 Å². The Kier molecular flexibility index (Phi) is 4.34. The quantitative estimate of drug-likeness (QED) is 0.914. The summed E-state index contributed by atoms with van der Waals surface area (Å²) in [6, 6.07) is 0. The van der Waals surface area contributed by atoms with Crippen molar-refractivity contribution < 1.29 is 0 Å². The average Bonchev–Trinajstić information content (AvgIpc) is 2.46. The number of aryl methyl sites for hydroxylation is 1. The lowest BCUT2D eigenvalue weighted by Gasteiger charge is -2.20. The molecule has 4 heteroatoms. The van der Waals surface area contributed by atoms with Gasteiger partial charge in [-0.25, -0.2) is 0 Å². The van der Waals surface area contributed by atoms with E-state index in [9.17, 15) is 0 Å². The molecule has 0 fully saturated rings. The fourth-order valence-corrected chi connectivity index (χ4v) is 1.96. The number of aromatic nitrogens is 2. The van der Waals surface area contributed by atoms with Gasteiger partial charge in [-0.15, -0.1) is 0 Å². The van der Waals surface area contributed by atoms with Gasteiger partial charge in [-0.05, 0) is 43.6 Å². The van der Waals surface area contributed by atoms with Crippen LogP contribution in [0.25, 0.3) is 0 Å². The predicted octanol–water partition coefficient (Wildman–Crippen LogP) is 2.60. The highest BCUT2D eigenvalue weighted by molar-refractivity contribution is 9.10. The van der Waals surface area contributed by atoms with E-state index in [0.717, 1.165) is 24.0 Å². The lowest BCUT2D eigenvalue weighted by Crippen LogP contribution is -2.37. The molecule has 0 bridgehead atoms. The maximum Gasteiger partial charge on any atom is 0.0635 e. The summed E-state index contributed by atoms with van der Waals surface area (Å²) >= 11 is 3.53. The van der Waals surface area contributed by atoms with Gasteiger partial charge in [0.2, 0.25) is 0 Å². The topological polar surface area (TPSA) is 29.9 Å². The Hall–Kier alpha value is -0.350. The first-order chi connectivity index (χ1) is 6.94. The molecule has 86 valence electrons. The Morgan fingerprint density at radius 2 is 2.13 bits per heavy atom. The van der Waals surface area contributed by atoms with Crippen LogP contribution in [-0.2, 0) is 13.0 Å². The largest absolute Gasteiger partial charge is 0.312 e. The van der Waals surface area contributed by atoms with Crippen molar-refractivity contribution in [3.8, 4) is 0 Å². The van der Waals surface area contributed by atoms with Gasteiger partial charge >= 0.3 is 0 Å². The molecule has 0 spiro atoms. The van der Waals surface area contributed by atoms with Crippen LogP contribution in [0.4, 0.5) is 0 Å². The third-order valence-corrected chi connectivity index (χ3v) is 2.88. The van der Waals surface area contributed by atoms with E-state index in [1.54, 1.807) is 0 Å². The van der Waals surface area contributed by atoms with Crippen LogP contribution in [0.3, 0.4) is 0 Å². The molecule has 1 rings (SSSR count). The van der Waals surface area contributed by atoms with E-state index in [1.807, 2.05) is 10.9 Å². The van der Waals surface area contributed by atoms with Crippen molar-refractivity contribution in [3.05, 3.63) is 16.4 Å². The van der Waals surface area contributed by atoms with Crippen LogP contribution >= 0.6 is 15.9 Å². The van der Waals surface area contributed by atoms with Gasteiger partial charge in [0.25, 0.3) is 0 Å². The minimum atomic E-state index is 0.184. The predicted molar refractivity (Wildman–Crippen MR) is 67.1 cm³/mol. The second kappa shape index (κ2) is 5.12. The first-order valence-electron chi connectivity index (χ1n) is 5.39. The lowest BCUT2D eigenvalue weighted by atomic mass is 10.1. The molecule has 0 aliphatic rings. The zero-order valence-corrected chi connectivity index (χ0v) is 11.6. The van der Waals surface area contributed by atoms with E-state index in [1.165, 1.54) is 5.69 Å². The van der Waals surface area contributed by atoms with E-state index in [4.69, 9.17) is 0 Å². The minimum absolute atomic E-state index is 0.184. The maximum atomic E-state index is 4.29. The molecule has 0 unspecified atom stereocenters. The van der Waals surface area contributed by atoms with Gasteiger partial charge < -0.3 is 5.32 Å². The van der Waals surface area contributed by atoms with Crippen LogP contribution in [0.1, 0.15) is 33.4 Å². The third-order valence-electron chi connectivity index (χ3n) is 2.21. The maximum absolute atomic E-state index is 4.29. The average molecular weight is 274 g/mol. The van der Waals surface area contributed by atoms with Crippen LogP contribution < -0.4 is 5.32 Å². The first-order valence-corrected chi connectivity index (χ1v) is 6.18. The Morgan fingerprint density at radius 3 is 2.67 bits per heavy atom. The molecular formula is C11H20BrN3. The molecule has 0 saturated heterocycles. The molecule has 3 nitrogen and oxygen atoms in total. The Morgan fingerprint density at radius 1 is 1.47 bits per heavy atom. The molecule has 0 atom stereocenters. The van der Waals surface area contributed by atoms with Crippen molar-refractivity contribution in [3.63, 3.8) is 0 Å². The molecular weight excluding hydrogens is 254 g/mol. The fraction of sp³-hybridized carbons (Fsp3) is 0.727. The van der Waals surface area contributed by atoms with Crippen molar-refractivity contribution >= 4 is 15.9 Å². The van der Waals surface area contributed by atoms with E-state index in [-0.39, 0.29) is 5.54 Å². The van der Waals surface area contributed by atoms with E-state index >= 15 is 0 Å². The summed E-state index contributed by atoms with van der Waals surface area (Å²) in [7, 11) is 0. The number of halogens is 1. The van der Waals surface area contributed by atoms with Gasteiger partial charge in [-0.3, -0.25) is 4.68 Å². The summed E-state index contributed by atoms with van der Waals surface area (Å²) in [6.07, 6.45) is 2.88. The normalized spacial score (nSPS) is 12.1. The van der Waals surface area contributed by atoms with Crippen molar-refractivity contribution in [2.45, 2.75) is 46.2 Å².